The third-order valence-electron chi connectivity index (χ3n) is 3.78. The maximum Gasteiger partial charge on any atom is 0.200 e. The van der Waals surface area contributed by atoms with Gasteiger partial charge in [0.05, 0.1) is 11.6 Å². The number of benzene rings is 2. The first-order valence-electron chi connectivity index (χ1n) is 8.79. The molecule has 0 radical (unpaired) electrons. The minimum atomic E-state index is -0.975. The minimum absolute atomic E-state index is 0.494. The maximum atomic E-state index is 6.43. The second-order valence-corrected chi connectivity index (χ2v) is 6.28. The molecule has 2 aromatic rings. The molecule has 0 fully saturated rings. The third-order valence-corrected chi connectivity index (χ3v) is 4.33. The first-order chi connectivity index (χ1) is 12.6. The van der Waals surface area contributed by atoms with Crippen LogP contribution >= 0.6 is 23.2 Å². The quantitative estimate of drug-likeness (QED) is 0.376. The van der Waals surface area contributed by atoms with Crippen molar-refractivity contribution in [2.75, 3.05) is 27.4 Å². The Morgan fingerprint density at radius 1 is 0.923 bits per heavy atom. The predicted molar refractivity (Wildman–Crippen MR) is 109 cm³/mol. The summed E-state index contributed by atoms with van der Waals surface area (Å²) < 4.78 is 17.1. The van der Waals surface area contributed by atoms with Crippen molar-refractivity contribution in [3.63, 3.8) is 0 Å². The normalized spacial score (nSPS) is 12.8. The summed E-state index contributed by atoms with van der Waals surface area (Å²) in [5.74, 6) is -0.975. The first kappa shape index (κ1) is 22.9. The van der Waals surface area contributed by atoms with E-state index in [4.69, 9.17) is 37.4 Å². The number of rotatable bonds is 9. The van der Waals surface area contributed by atoms with Gasteiger partial charge in [-0.1, -0.05) is 73.4 Å². The molecule has 0 saturated carbocycles. The summed E-state index contributed by atoms with van der Waals surface area (Å²) in [6, 6.07) is 15.4. The molecule has 3 nitrogen and oxygen atoms in total. The van der Waals surface area contributed by atoms with Crippen LogP contribution in [0.5, 0.6) is 0 Å². The molecular formula is C21H28Cl2O3. The van der Waals surface area contributed by atoms with E-state index in [0.717, 1.165) is 17.5 Å². The largest absolute Gasteiger partial charge is 0.385 e. The van der Waals surface area contributed by atoms with E-state index in [-0.39, 0.29) is 0 Å². The molecule has 5 heteroatoms. The van der Waals surface area contributed by atoms with Gasteiger partial charge >= 0.3 is 0 Å². The Morgan fingerprint density at radius 2 is 1.62 bits per heavy atom. The summed E-state index contributed by atoms with van der Waals surface area (Å²) in [6.45, 7) is 5.12. The fraction of sp³-hybridized carbons (Fsp3) is 0.429. The number of ether oxygens (including phenoxy) is 3. The van der Waals surface area contributed by atoms with Crippen molar-refractivity contribution < 1.29 is 14.2 Å². The lowest BCUT2D eigenvalue weighted by Crippen LogP contribution is -2.35. The zero-order chi connectivity index (χ0) is 19.4. The van der Waals surface area contributed by atoms with Crippen molar-refractivity contribution >= 4 is 23.2 Å². The number of hydrogen-bond donors (Lipinski definition) is 0. The lowest BCUT2D eigenvalue weighted by Gasteiger charge is -2.34. The van der Waals surface area contributed by atoms with Gasteiger partial charge in [0.2, 0.25) is 0 Å². The molecule has 0 heterocycles. The highest BCUT2D eigenvalue weighted by Gasteiger charge is 2.35. The standard InChI is InChI=1S/C19H22Cl2O3.C2H6/c1-22-11-6-12-24-19(23-2,14-15-7-4-3-5-8-15)17-10-9-16(20)13-18(17)21;1-2/h3-5,7-10,13H,6,11-12,14H2,1-2H3;1-2H3. The Balaban J connectivity index is 0.00000163. The summed E-state index contributed by atoms with van der Waals surface area (Å²) >= 11 is 12.5. The van der Waals surface area contributed by atoms with E-state index in [1.54, 1.807) is 26.4 Å². The van der Waals surface area contributed by atoms with Crippen molar-refractivity contribution in [1.82, 2.24) is 0 Å². The average Bonchev–Trinajstić information content (AvgIpc) is 2.67. The molecule has 1 atom stereocenters. The van der Waals surface area contributed by atoms with Gasteiger partial charge in [-0.05, 0) is 24.1 Å². The van der Waals surface area contributed by atoms with Gasteiger partial charge in [0.25, 0.3) is 0 Å². The Hall–Kier alpha value is -1.10. The van der Waals surface area contributed by atoms with E-state index in [0.29, 0.717) is 29.7 Å². The van der Waals surface area contributed by atoms with Crippen LogP contribution < -0.4 is 0 Å². The van der Waals surface area contributed by atoms with Crippen LogP contribution in [0.25, 0.3) is 0 Å². The van der Waals surface area contributed by atoms with Crippen molar-refractivity contribution in [3.8, 4) is 0 Å². The molecule has 26 heavy (non-hydrogen) atoms. The van der Waals surface area contributed by atoms with Crippen LogP contribution in [0, 0.1) is 0 Å². The molecule has 144 valence electrons. The van der Waals surface area contributed by atoms with Gasteiger partial charge in [-0.25, -0.2) is 0 Å². The molecule has 0 saturated heterocycles. The Morgan fingerprint density at radius 3 is 2.19 bits per heavy atom. The lowest BCUT2D eigenvalue weighted by molar-refractivity contribution is -0.232. The van der Waals surface area contributed by atoms with E-state index in [1.807, 2.05) is 50.2 Å². The molecule has 1 unspecified atom stereocenters. The van der Waals surface area contributed by atoms with Crippen LogP contribution in [-0.2, 0) is 26.4 Å². The Kier molecular flexibility index (Phi) is 10.9. The summed E-state index contributed by atoms with van der Waals surface area (Å²) in [4.78, 5) is 0. The van der Waals surface area contributed by atoms with Gasteiger partial charge in [0.15, 0.2) is 5.79 Å². The van der Waals surface area contributed by atoms with Gasteiger partial charge in [-0.15, -0.1) is 0 Å². The Bertz CT molecular complexity index is 634. The van der Waals surface area contributed by atoms with Crippen LogP contribution in [0.3, 0.4) is 0 Å². The average molecular weight is 399 g/mol. The van der Waals surface area contributed by atoms with E-state index in [2.05, 4.69) is 0 Å². The van der Waals surface area contributed by atoms with E-state index in [1.165, 1.54) is 0 Å². The fourth-order valence-electron chi connectivity index (χ4n) is 2.57. The monoisotopic (exact) mass is 398 g/mol. The van der Waals surface area contributed by atoms with Gasteiger partial charge in [-0.3, -0.25) is 0 Å². The second-order valence-electron chi connectivity index (χ2n) is 5.44. The van der Waals surface area contributed by atoms with Crippen LogP contribution in [-0.4, -0.2) is 27.4 Å². The lowest BCUT2D eigenvalue weighted by atomic mass is 9.97. The molecule has 2 aromatic carbocycles. The zero-order valence-corrected chi connectivity index (χ0v) is 17.4. The van der Waals surface area contributed by atoms with Crippen molar-refractivity contribution in [2.24, 2.45) is 0 Å². The van der Waals surface area contributed by atoms with E-state index >= 15 is 0 Å². The maximum absolute atomic E-state index is 6.43. The van der Waals surface area contributed by atoms with Crippen molar-refractivity contribution in [3.05, 3.63) is 69.7 Å². The van der Waals surface area contributed by atoms with Crippen LogP contribution in [0.15, 0.2) is 48.5 Å². The van der Waals surface area contributed by atoms with Gasteiger partial charge in [0, 0.05) is 37.8 Å². The van der Waals surface area contributed by atoms with Crippen LogP contribution in [0.2, 0.25) is 10.0 Å². The second kappa shape index (κ2) is 12.3. The summed E-state index contributed by atoms with van der Waals surface area (Å²) in [7, 11) is 3.30. The van der Waals surface area contributed by atoms with E-state index in [9.17, 15) is 0 Å². The summed E-state index contributed by atoms with van der Waals surface area (Å²) in [5, 5.41) is 1.10. The number of methoxy groups -OCH3 is 2. The smallest absolute Gasteiger partial charge is 0.200 e. The van der Waals surface area contributed by atoms with Gasteiger partial charge in [0.1, 0.15) is 0 Å². The van der Waals surface area contributed by atoms with Gasteiger partial charge < -0.3 is 14.2 Å². The molecule has 0 bridgehead atoms. The molecule has 0 aromatic heterocycles. The molecule has 0 amide bonds. The SMILES string of the molecule is CC.COCCCOC(Cc1ccccc1)(OC)c1ccc(Cl)cc1Cl. The highest BCUT2D eigenvalue weighted by Crippen LogP contribution is 2.37. The number of hydrogen-bond acceptors (Lipinski definition) is 3. The van der Waals surface area contributed by atoms with Gasteiger partial charge in [-0.2, -0.15) is 0 Å². The first-order valence-corrected chi connectivity index (χ1v) is 9.54. The third kappa shape index (κ3) is 6.57. The molecule has 0 aliphatic rings. The highest BCUT2D eigenvalue weighted by atomic mass is 35.5. The molecule has 0 N–H and O–H groups in total. The topological polar surface area (TPSA) is 27.7 Å². The van der Waals surface area contributed by atoms with Crippen molar-refractivity contribution in [2.45, 2.75) is 32.5 Å². The Labute approximate surface area is 167 Å². The molecular weight excluding hydrogens is 371 g/mol. The number of halogens is 2. The highest BCUT2D eigenvalue weighted by molar-refractivity contribution is 6.35. The molecule has 0 aliphatic heterocycles. The summed E-state index contributed by atoms with van der Waals surface area (Å²) in [6.07, 6.45) is 1.31. The molecule has 0 aliphatic carbocycles. The molecule has 2 rings (SSSR count). The van der Waals surface area contributed by atoms with E-state index < -0.39 is 5.79 Å². The summed E-state index contributed by atoms with van der Waals surface area (Å²) in [5.41, 5.74) is 1.86. The zero-order valence-electron chi connectivity index (χ0n) is 15.9. The van der Waals surface area contributed by atoms with Crippen LogP contribution in [0.1, 0.15) is 31.4 Å². The molecule has 0 spiro atoms. The minimum Gasteiger partial charge on any atom is -0.385 e. The predicted octanol–water partition coefficient (Wildman–Crippen LogP) is 6.11. The fourth-order valence-corrected chi connectivity index (χ4v) is 3.12. The van der Waals surface area contributed by atoms with Crippen LogP contribution in [0.4, 0.5) is 0 Å². The van der Waals surface area contributed by atoms with Crippen molar-refractivity contribution in [1.29, 1.82) is 0 Å².